The summed E-state index contributed by atoms with van der Waals surface area (Å²) in [5.74, 6) is 0.0894. The minimum absolute atomic E-state index is 0.0894. The Kier molecular flexibility index (Phi) is 3.59. The van der Waals surface area contributed by atoms with E-state index in [2.05, 4.69) is 17.6 Å². The number of carbonyl (C=O) groups is 1. The van der Waals surface area contributed by atoms with Gasteiger partial charge in [0.05, 0.1) is 0 Å². The van der Waals surface area contributed by atoms with Crippen molar-refractivity contribution in [3.05, 3.63) is 0 Å². The van der Waals surface area contributed by atoms with Crippen LogP contribution in [0.1, 0.15) is 32.6 Å². The molecule has 0 radical (unpaired) electrons. The van der Waals surface area contributed by atoms with Crippen LogP contribution in [-0.2, 0) is 9.53 Å². The smallest absolute Gasteiger partial charge is 0.249 e. The van der Waals surface area contributed by atoms with E-state index in [1.54, 1.807) is 0 Å². The first-order valence-electron chi connectivity index (χ1n) is 5.91. The summed E-state index contributed by atoms with van der Waals surface area (Å²) >= 11 is 0. The molecule has 2 fully saturated rings. The lowest BCUT2D eigenvalue weighted by Crippen LogP contribution is -2.49. The van der Waals surface area contributed by atoms with Gasteiger partial charge in [0.1, 0.15) is 6.10 Å². The normalized spacial score (nSPS) is 36.5. The van der Waals surface area contributed by atoms with Crippen molar-refractivity contribution in [3.8, 4) is 0 Å². The first-order chi connectivity index (χ1) is 7.25. The van der Waals surface area contributed by atoms with E-state index in [4.69, 9.17) is 4.74 Å². The van der Waals surface area contributed by atoms with Crippen LogP contribution in [0.5, 0.6) is 0 Å². The molecule has 2 unspecified atom stereocenters. The zero-order chi connectivity index (χ0) is 10.7. The Morgan fingerprint density at radius 1 is 1.47 bits per heavy atom. The van der Waals surface area contributed by atoms with E-state index in [1.807, 2.05) is 0 Å². The Bertz CT molecular complexity index is 227. The van der Waals surface area contributed by atoms with Crippen molar-refractivity contribution in [2.45, 2.75) is 50.8 Å². The van der Waals surface area contributed by atoms with Crippen LogP contribution in [0, 0.1) is 0 Å². The lowest BCUT2D eigenvalue weighted by atomic mass is 10.0. The average Bonchev–Trinajstić information content (AvgIpc) is 2.70. The number of piperidine rings is 1. The van der Waals surface area contributed by atoms with Gasteiger partial charge in [-0.2, -0.15) is 0 Å². The molecule has 2 heterocycles. The van der Waals surface area contributed by atoms with Crippen LogP contribution >= 0.6 is 0 Å². The predicted molar refractivity (Wildman–Crippen MR) is 57.6 cm³/mol. The third kappa shape index (κ3) is 2.92. The molecule has 86 valence electrons. The summed E-state index contributed by atoms with van der Waals surface area (Å²) in [7, 11) is 0. The standard InChI is InChI=1S/C11H20N2O2/c1-8-7-9(4-5-12-8)13-11(14)10-3-2-6-15-10/h8-10,12H,2-7H2,1H3,(H,13,14)/t8?,9?,10-/m0/s1. The van der Waals surface area contributed by atoms with Gasteiger partial charge in [0, 0.05) is 18.7 Å². The minimum atomic E-state index is -0.185. The Morgan fingerprint density at radius 2 is 2.33 bits per heavy atom. The van der Waals surface area contributed by atoms with Crippen LogP contribution in [-0.4, -0.2) is 37.2 Å². The highest BCUT2D eigenvalue weighted by atomic mass is 16.5. The van der Waals surface area contributed by atoms with Crippen molar-refractivity contribution in [2.24, 2.45) is 0 Å². The van der Waals surface area contributed by atoms with E-state index < -0.39 is 0 Å². The van der Waals surface area contributed by atoms with Crippen molar-refractivity contribution in [1.82, 2.24) is 10.6 Å². The fraction of sp³-hybridized carbons (Fsp3) is 0.909. The van der Waals surface area contributed by atoms with Crippen molar-refractivity contribution >= 4 is 5.91 Å². The van der Waals surface area contributed by atoms with Gasteiger partial charge in [-0.3, -0.25) is 4.79 Å². The van der Waals surface area contributed by atoms with Crippen LogP contribution in [0.15, 0.2) is 0 Å². The fourth-order valence-electron chi connectivity index (χ4n) is 2.34. The highest BCUT2D eigenvalue weighted by Crippen LogP contribution is 2.14. The quantitative estimate of drug-likeness (QED) is 0.697. The lowest BCUT2D eigenvalue weighted by molar-refractivity contribution is -0.131. The highest BCUT2D eigenvalue weighted by Gasteiger charge is 2.27. The van der Waals surface area contributed by atoms with E-state index in [9.17, 15) is 4.79 Å². The zero-order valence-corrected chi connectivity index (χ0v) is 9.29. The third-order valence-electron chi connectivity index (χ3n) is 3.19. The monoisotopic (exact) mass is 212 g/mol. The summed E-state index contributed by atoms with van der Waals surface area (Å²) in [4.78, 5) is 11.8. The molecule has 2 rings (SSSR count). The van der Waals surface area contributed by atoms with Gasteiger partial charge in [0.15, 0.2) is 0 Å². The molecular formula is C11H20N2O2. The molecule has 2 aliphatic heterocycles. The molecule has 0 saturated carbocycles. The van der Waals surface area contributed by atoms with E-state index in [1.165, 1.54) is 0 Å². The van der Waals surface area contributed by atoms with Gasteiger partial charge in [-0.15, -0.1) is 0 Å². The van der Waals surface area contributed by atoms with Crippen LogP contribution in [0.25, 0.3) is 0 Å². The molecule has 2 aliphatic rings. The van der Waals surface area contributed by atoms with Gasteiger partial charge in [0.25, 0.3) is 0 Å². The number of ether oxygens (including phenoxy) is 1. The maximum absolute atomic E-state index is 11.8. The predicted octanol–water partition coefficient (Wildman–Crippen LogP) is 0.422. The second kappa shape index (κ2) is 4.94. The van der Waals surface area contributed by atoms with Gasteiger partial charge in [-0.25, -0.2) is 0 Å². The van der Waals surface area contributed by atoms with Crippen molar-refractivity contribution in [1.29, 1.82) is 0 Å². The molecule has 0 spiro atoms. The zero-order valence-electron chi connectivity index (χ0n) is 9.29. The SMILES string of the molecule is CC1CC(NC(=O)[C@@H]2CCCO2)CCN1. The first kappa shape index (κ1) is 10.9. The van der Waals surface area contributed by atoms with Crippen LogP contribution < -0.4 is 10.6 Å². The number of amides is 1. The maximum atomic E-state index is 11.8. The molecule has 0 aromatic heterocycles. The van der Waals surface area contributed by atoms with Crippen LogP contribution in [0.2, 0.25) is 0 Å². The van der Waals surface area contributed by atoms with Gasteiger partial charge in [0.2, 0.25) is 5.91 Å². The average molecular weight is 212 g/mol. The second-order valence-electron chi connectivity index (χ2n) is 4.59. The van der Waals surface area contributed by atoms with Gasteiger partial charge in [-0.05, 0) is 39.2 Å². The van der Waals surface area contributed by atoms with Crippen molar-refractivity contribution in [2.75, 3.05) is 13.2 Å². The Balaban J connectivity index is 1.77. The van der Waals surface area contributed by atoms with E-state index >= 15 is 0 Å². The number of hydrogen-bond donors (Lipinski definition) is 2. The third-order valence-corrected chi connectivity index (χ3v) is 3.19. The highest BCUT2D eigenvalue weighted by molar-refractivity contribution is 5.81. The minimum Gasteiger partial charge on any atom is -0.368 e. The van der Waals surface area contributed by atoms with E-state index in [-0.39, 0.29) is 12.0 Å². The Hall–Kier alpha value is -0.610. The molecule has 1 amide bonds. The molecule has 3 atom stereocenters. The molecule has 4 nitrogen and oxygen atoms in total. The molecule has 2 N–H and O–H groups in total. The molecular weight excluding hydrogens is 192 g/mol. The fourth-order valence-corrected chi connectivity index (χ4v) is 2.34. The van der Waals surface area contributed by atoms with E-state index in [0.29, 0.717) is 12.1 Å². The molecule has 0 bridgehead atoms. The van der Waals surface area contributed by atoms with Gasteiger partial charge in [-0.1, -0.05) is 0 Å². The number of nitrogens with one attached hydrogen (secondary N) is 2. The first-order valence-corrected chi connectivity index (χ1v) is 5.91. The number of carbonyl (C=O) groups excluding carboxylic acids is 1. The number of rotatable bonds is 2. The maximum Gasteiger partial charge on any atom is 0.249 e. The van der Waals surface area contributed by atoms with E-state index in [0.717, 1.165) is 38.8 Å². The summed E-state index contributed by atoms with van der Waals surface area (Å²) in [6.45, 7) is 3.89. The van der Waals surface area contributed by atoms with Crippen molar-refractivity contribution in [3.63, 3.8) is 0 Å². The molecule has 0 aliphatic carbocycles. The van der Waals surface area contributed by atoms with Crippen molar-refractivity contribution < 1.29 is 9.53 Å². The Labute approximate surface area is 90.8 Å². The van der Waals surface area contributed by atoms with Gasteiger partial charge < -0.3 is 15.4 Å². The van der Waals surface area contributed by atoms with Crippen LogP contribution in [0.3, 0.4) is 0 Å². The summed E-state index contributed by atoms with van der Waals surface area (Å²) in [6.07, 6.45) is 3.77. The summed E-state index contributed by atoms with van der Waals surface area (Å²) in [5, 5.41) is 6.46. The topological polar surface area (TPSA) is 50.4 Å². The summed E-state index contributed by atoms with van der Waals surface area (Å²) in [6, 6.07) is 0.839. The van der Waals surface area contributed by atoms with Crippen LogP contribution in [0.4, 0.5) is 0 Å². The lowest BCUT2D eigenvalue weighted by Gasteiger charge is -2.29. The Morgan fingerprint density at radius 3 is 3.00 bits per heavy atom. The van der Waals surface area contributed by atoms with Gasteiger partial charge >= 0.3 is 0 Å². The molecule has 4 heteroatoms. The molecule has 2 saturated heterocycles. The summed E-state index contributed by atoms with van der Waals surface area (Å²) < 4.78 is 5.36. The summed E-state index contributed by atoms with van der Waals surface area (Å²) in [5.41, 5.74) is 0. The molecule has 0 aromatic carbocycles. The second-order valence-corrected chi connectivity index (χ2v) is 4.59. The molecule has 0 aromatic rings. The number of hydrogen-bond acceptors (Lipinski definition) is 3. The largest absolute Gasteiger partial charge is 0.368 e. The molecule has 15 heavy (non-hydrogen) atoms.